The van der Waals surface area contributed by atoms with Crippen molar-refractivity contribution in [2.75, 3.05) is 0 Å². The van der Waals surface area contributed by atoms with Gasteiger partial charge in [0.1, 0.15) is 69.8 Å². The summed E-state index contributed by atoms with van der Waals surface area (Å²) in [5.74, 6) is -13.7. The van der Waals surface area contributed by atoms with Crippen molar-refractivity contribution in [1.29, 1.82) is 0 Å². The Morgan fingerprint density at radius 1 is 0.255 bits per heavy atom. The molecule has 6 rings (SSSR count). The molecule has 0 spiro atoms. The van der Waals surface area contributed by atoms with Crippen LogP contribution in [0.2, 0.25) is 0 Å². The van der Waals surface area contributed by atoms with Gasteiger partial charge in [0, 0.05) is 35.9 Å². The minimum absolute atomic E-state index is 0. The quantitative estimate of drug-likeness (QED) is 0.0697. The first-order chi connectivity index (χ1) is 25.8. The summed E-state index contributed by atoms with van der Waals surface area (Å²) < 4.78 is 186. The van der Waals surface area contributed by atoms with Crippen molar-refractivity contribution in [1.82, 2.24) is 0 Å². The Kier molecular flexibility index (Phi) is 18.3. The molecule has 0 heterocycles. The van der Waals surface area contributed by atoms with Gasteiger partial charge in [-0.15, -0.1) is 0 Å². The van der Waals surface area contributed by atoms with Crippen LogP contribution < -0.4 is 31.8 Å². The van der Waals surface area contributed by atoms with E-state index < -0.39 is 117 Å². The fourth-order valence-corrected chi connectivity index (χ4v) is 9.69. The number of benzene rings is 6. The Morgan fingerprint density at radius 3 is 0.436 bits per heavy atom. The van der Waals surface area contributed by atoms with Gasteiger partial charge < -0.3 is 0 Å². The minimum Gasteiger partial charge on any atom is 0 e. The zero-order valence-corrected chi connectivity index (χ0v) is 31.2. The molecule has 1 radical (unpaired) electrons. The van der Waals surface area contributed by atoms with Gasteiger partial charge in [0.2, 0.25) is 0 Å². The molecule has 285 valence electrons. The van der Waals surface area contributed by atoms with Gasteiger partial charge >= 0.3 is 22.6 Å². The van der Waals surface area contributed by atoms with E-state index >= 15 is 0 Å². The van der Waals surface area contributed by atoms with E-state index in [0.717, 1.165) is 109 Å². The molecule has 0 aliphatic rings. The van der Waals surface area contributed by atoms with E-state index in [2.05, 4.69) is 13.3 Å². The smallest absolute Gasteiger partial charge is 0 e. The SMILES string of the molecule is Fc1cccc(F)c1P(c1c(F)cccc1F)c1c(F)cccc1F.Fc1cccc(F)c1P(c1c(F)cccc1F)c1c(F)cccc1F.[C-]#[O+].[C-]#[O+].[Ir]. The molecule has 0 unspecified atom stereocenters. The summed E-state index contributed by atoms with van der Waals surface area (Å²) in [5, 5.41) is -4.64. The van der Waals surface area contributed by atoms with Crippen LogP contribution in [0.25, 0.3) is 0 Å². The number of hydrogen-bond donors (Lipinski definition) is 0. The summed E-state index contributed by atoms with van der Waals surface area (Å²) in [6, 6.07) is 16.7. The molecule has 0 saturated carbocycles. The number of rotatable bonds is 6. The van der Waals surface area contributed by atoms with E-state index in [9.17, 15) is 52.7 Å². The maximum absolute atomic E-state index is 14.3. The Morgan fingerprint density at radius 2 is 0.345 bits per heavy atom. The summed E-state index contributed by atoms with van der Waals surface area (Å²) in [5.41, 5.74) is 0. The summed E-state index contributed by atoms with van der Waals surface area (Å²) in [4.78, 5) is 0. The minimum atomic E-state index is -2.82. The van der Waals surface area contributed by atoms with Crippen molar-refractivity contribution in [3.63, 3.8) is 0 Å². The molecule has 6 aromatic carbocycles. The van der Waals surface area contributed by atoms with E-state index in [1.165, 1.54) is 0 Å². The molecule has 0 aromatic heterocycles. The van der Waals surface area contributed by atoms with Crippen LogP contribution in [0.1, 0.15) is 0 Å². The van der Waals surface area contributed by atoms with Gasteiger partial charge in [0.15, 0.2) is 0 Å². The molecule has 6 aromatic rings. The molecule has 0 aliphatic heterocycles. The monoisotopic (exact) mass is 989 g/mol. The van der Waals surface area contributed by atoms with E-state index in [-0.39, 0.29) is 20.1 Å². The second-order valence-electron chi connectivity index (χ2n) is 10.1. The van der Waals surface area contributed by atoms with E-state index in [1.807, 2.05) is 0 Å². The first-order valence-corrected chi connectivity index (χ1v) is 17.2. The predicted molar refractivity (Wildman–Crippen MR) is 178 cm³/mol. The molecule has 0 aliphatic carbocycles. The van der Waals surface area contributed by atoms with Gasteiger partial charge in [-0.1, -0.05) is 36.4 Å². The van der Waals surface area contributed by atoms with Crippen LogP contribution in [0, 0.1) is 83.1 Å². The van der Waals surface area contributed by atoms with Gasteiger partial charge in [-0.2, -0.15) is 0 Å². The molecular formula is C38H18F12IrO2P2. The van der Waals surface area contributed by atoms with Crippen molar-refractivity contribution >= 4 is 47.7 Å². The van der Waals surface area contributed by atoms with Gasteiger partial charge in [0.25, 0.3) is 0 Å². The zero-order valence-electron chi connectivity index (χ0n) is 27.0. The maximum Gasteiger partial charge on any atom is 0 e. The fourth-order valence-electron chi connectivity index (χ4n) is 4.89. The molecule has 0 saturated heterocycles. The third kappa shape index (κ3) is 10.4. The first-order valence-electron chi connectivity index (χ1n) is 14.5. The van der Waals surface area contributed by atoms with Crippen molar-refractivity contribution in [2.24, 2.45) is 0 Å². The second kappa shape index (κ2) is 21.5. The largest absolute Gasteiger partial charge is 0 e. The van der Waals surface area contributed by atoms with Crippen molar-refractivity contribution in [3.05, 3.63) is 192 Å². The van der Waals surface area contributed by atoms with E-state index in [4.69, 9.17) is 9.30 Å². The average molecular weight is 989 g/mol. The zero-order chi connectivity index (χ0) is 40.3. The number of hydrogen-bond acceptors (Lipinski definition) is 0. The first kappa shape index (κ1) is 46.6. The van der Waals surface area contributed by atoms with Crippen molar-refractivity contribution in [3.8, 4) is 0 Å². The summed E-state index contributed by atoms with van der Waals surface area (Å²) in [7, 11) is -5.64. The topological polar surface area (TPSA) is 39.8 Å². The van der Waals surface area contributed by atoms with Crippen LogP contribution >= 0.6 is 15.8 Å². The molecule has 0 bridgehead atoms. The van der Waals surface area contributed by atoms with E-state index in [1.54, 1.807) is 0 Å². The Hall–Kier alpha value is -4.53. The maximum atomic E-state index is 14.3. The Bertz CT molecular complexity index is 1780. The van der Waals surface area contributed by atoms with Crippen LogP contribution in [0.3, 0.4) is 0 Å². The average Bonchev–Trinajstić information content (AvgIpc) is 3.13. The van der Waals surface area contributed by atoms with Gasteiger partial charge in [-0.05, 0) is 72.8 Å². The van der Waals surface area contributed by atoms with Crippen molar-refractivity contribution in [2.45, 2.75) is 0 Å². The van der Waals surface area contributed by atoms with Crippen LogP contribution in [0.4, 0.5) is 52.7 Å². The Labute approximate surface area is 321 Å². The van der Waals surface area contributed by atoms with Crippen LogP contribution in [0.15, 0.2) is 109 Å². The normalized spacial score (nSPS) is 10.2. The number of halogens is 12. The predicted octanol–water partition coefficient (Wildman–Crippen LogP) is 8.48. The summed E-state index contributed by atoms with van der Waals surface area (Å²) in [6.07, 6.45) is 0. The van der Waals surface area contributed by atoms with Crippen molar-refractivity contribution < 1.29 is 82.1 Å². The standard InChI is InChI=1S/2C18H9F6P.2CO.Ir/c2*19-10-4-1-5-11(20)16(10)25(17-12(21)6-2-7-13(17)22)18-14(23)8-3-9-15(18)24;2*1-2;/h2*1-9H;;;. The molecular weight excluding hydrogens is 971 g/mol. The van der Waals surface area contributed by atoms with Crippen LogP contribution in [0.5, 0.6) is 0 Å². The third-order valence-electron chi connectivity index (χ3n) is 6.97. The van der Waals surface area contributed by atoms with Gasteiger partial charge in [0.05, 0.1) is 31.8 Å². The van der Waals surface area contributed by atoms with Crippen LogP contribution in [-0.2, 0) is 29.4 Å². The molecule has 0 fully saturated rings. The fraction of sp³-hybridized carbons (Fsp3) is 0. The Balaban J connectivity index is 0.000000343. The molecule has 0 amide bonds. The molecule has 0 N–H and O–H groups in total. The molecule has 0 atom stereocenters. The summed E-state index contributed by atoms with van der Waals surface area (Å²) in [6.45, 7) is 9.00. The molecule has 2 nitrogen and oxygen atoms in total. The van der Waals surface area contributed by atoms with Gasteiger partial charge in [-0.25, -0.2) is 52.7 Å². The second-order valence-corrected chi connectivity index (χ2v) is 14.1. The van der Waals surface area contributed by atoms with Crippen LogP contribution in [-0.4, -0.2) is 0 Å². The molecule has 17 heteroatoms. The third-order valence-corrected chi connectivity index (χ3v) is 12.2. The summed E-state index contributed by atoms with van der Waals surface area (Å²) >= 11 is 0. The van der Waals surface area contributed by atoms with Gasteiger partial charge in [-0.3, -0.25) is 0 Å². The van der Waals surface area contributed by atoms with E-state index in [0.29, 0.717) is 0 Å². The molecule has 55 heavy (non-hydrogen) atoms.